The number of benzene rings is 1. The number of carbonyl (C=O) groups is 1. The lowest BCUT2D eigenvalue weighted by atomic mass is 10.2. The number of rotatable bonds is 10. The number of carbonyl (C=O) groups excluding carboxylic acids is 1. The molecule has 0 aliphatic rings. The molecule has 180 valence electrons. The van der Waals surface area contributed by atoms with Crippen LogP contribution in [0.15, 0.2) is 36.4 Å². The van der Waals surface area contributed by atoms with Crippen molar-refractivity contribution in [2.24, 2.45) is 0 Å². The van der Waals surface area contributed by atoms with Crippen LogP contribution in [0, 0.1) is 5.82 Å². The van der Waals surface area contributed by atoms with Crippen molar-refractivity contribution in [3.8, 4) is 5.88 Å². The van der Waals surface area contributed by atoms with Crippen molar-refractivity contribution in [1.29, 1.82) is 0 Å². The molecular formula is C20H21F4N3O5S. The Morgan fingerprint density at radius 3 is 2.52 bits per heavy atom. The van der Waals surface area contributed by atoms with Gasteiger partial charge in [0.2, 0.25) is 21.8 Å². The Hall–Kier alpha value is -3.19. The number of methoxy groups -OCH3 is 1. The Labute approximate surface area is 187 Å². The van der Waals surface area contributed by atoms with Gasteiger partial charge < -0.3 is 14.8 Å². The molecular weight excluding hydrogens is 470 g/mol. The highest BCUT2D eigenvalue weighted by molar-refractivity contribution is 7.92. The monoisotopic (exact) mass is 491 g/mol. The largest absolute Gasteiger partial charge is 0.475 e. The van der Waals surface area contributed by atoms with Gasteiger partial charge in [-0.1, -0.05) is 6.07 Å². The Bertz CT molecular complexity index is 1120. The first-order valence-corrected chi connectivity index (χ1v) is 11.2. The fourth-order valence-electron chi connectivity index (χ4n) is 2.44. The molecule has 1 heterocycles. The van der Waals surface area contributed by atoms with Crippen molar-refractivity contribution >= 4 is 27.7 Å². The second kappa shape index (κ2) is 11.1. The molecule has 0 unspecified atom stereocenters. The summed E-state index contributed by atoms with van der Waals surface area (Å²) in [5.41, 5.74) is -0.889. The van der Waals surface area contributed by atoms with Crippen molar-refractivity contribution in [2.45, 2.75) is 12.7 Å². The van der Waals surface area contributed by atoms with Crippen LogP contribution in [0.5, 0.6) is 5.88 Å². The molecule has 0 radical (unpaired) electrons. The van der Waals surface area contributed by atoms with Crippen molar-refractivity contribution in [1.82, 2.24) is 10.3 Å². The van der Waals surface area contributed by atoms with Crippen LogP contribution in [0.3, 0.4) is 0 Å². The van der Waals surface area contributed by atoms with E-state index in [-0.39, 0.29) is 36.9 Å². The van der Waals surface area contributed by atoms with Gasteiger partial charge in [-0.25, -0.2) is 17.8 Å². The van der Waals surface area contributed by atoms with Gasteiger partial charge in [-0.2, -0.15) is 13.2 Å². The summed E-state index contributed by atoms with van der Waals surface area (Å²) in [5.74, 6) is -1.75. The first-order valence-electron chi connectivity index (χ1n) is 9.31. The topological polar surface area (TPSA) is 107 Å². The van der Waals surface area contributed by atoms with Gasteiger partial charge in [0, 0.05) is 25.3 Å². The molecule has 0 saturated heterocycles. The zero-order valence-corrected chi connectivity index (χ0v) is 18.4. The first-order chi connectivity index (χ1) is 15.4. The second-order valence-corrected chi connectivity index (χ2v) is 8.42. The Kier molecular flexibility index (Phi) is 8.76. The maximum atomic E-state index is 14.0. The van der Waals surface area contributed by atoms with Crippen molar-refractivity contribution < 1.29 is 40.2 Å². The van der Waals surface area contributed by atoms with Gasteiger partial charge in [-0.05, 0) is 35.9 Å². The second-order valence-electron chi connectivity index (χ2n) is 6.67. The molecule has 0 atom stereocenters. The smallest absolute Gasteiger partial charge is 0.433 e. The van der Waals surface area contributed by atoms with Crippen molar-refractivity contribution in [2.75, 3.05) is 31.3 Å². The third kappa shape index (κ3) is 8.69. The molecule has 0 fully saturated rings. The minimum atomic E-state index is -4.67. The maximum Gasteiger partial charge on any atom is 0.433 e. The molecule has 0 saturated carbocycles. The number of nitrogens with zero attached hydrogens (tertiary/aromatic N) is 1. The number of aromatic nitrogens is 1. The van der Waals surface area contributed by atoms with Crippen LogP contribution < -0.4 is 14.8 Å². The average Bonchev–Trinajstić information content (AvgIpc) is 2.71. The highest BCUT2D eigenvalue weighted by atomic mass is 32.2. The number of hydrogen-bond donors (Lipinski definition) is 2. The molecule has 33 heavy (non-hydrogen) atoms. The summed E-state index contributed by atoms with van der Waals surface area (Å²) in [6.45, 7) is -0.00801. The Morgan fingerprint density at radius 1 is 1.18 bits per heavy atom. The first kappa shape index (κ1) is 26.1. The summed E-state index contributed by atoms with van der Waals surface area (Å²) in [6, 6.07) is 5.56. The van der Waals surface area contributed by atoms with Crippen LogP contribution in [0.25, 0.3) is 6.08 Å². The molecule has 13 heteroatoms. The van der Waals surface area contributed by atoms with E-state index in [0.29, 0.717) is 5.56 Å². The normalized spacial score (nSPS) is 12.1. The number of anilines is 1. The molecule has 0 bridgehead atoms. The van der Waals surface area contributed by atoms with Crippen LogP contribution in [0.2, 0.25) is 0 Å². The summed E-state index contributed by atoms with van der Waals surface area (Å²) in [5, 5.41) is 2.48. The molecule has 2 aromatic rings. The van der Waals surface area contributed by atoms with E-state index in [1.807, 2.05) is 4.72 Å². The van der Waals surface area contributed by atoms with Crippen molar-refractivity contribution in [3.05, 3.63) is 59.0 Å². The molecule has 0 aliphatic heterocycles. The third-order valence-corrected chi connectivity index (χ3v) is 4.51. The lowest BCUT2D eigenvalue weighted by Gasteiger charge is -2.11. The number of amides is 1. The number of pyridine rings is 1. The lowest BCUT2D eigenvalue weighted by molar-refractivity contribution is -0.141. The fourth-order valence-corrected chi connectivity index (χ4v) is 3.00. The minimum absolute atomic E-state index is 0.0480. The molecule has 1 amide bonds. The van der Waals surface area contributed by atoms with Crippen LogP contribution in [-0.2, 0) is 32.3 Å². The molecule has 2 N–H and O–H groups in total. The SMILES string of the molecule is COCCOc1nc(C(F)(F)F)ccc1/C=C/C(=O)NCc1ccc(NS(C)(=O)=O)c(F)c1. The number of ether oxygens (including phenoxy) is 2. The zero-order chi connectivity index (χ0) is 24.6. The Balaban J connectivity index is 2.06. The predicted molar refractivity (Wildman–Crippen MR) is 112 cm³/mol. The quantitative estimate of drug-likeness (QED) is 0.301. The number of halogens is 4. The minimum Gasteiger partial charge on any atom is -0.475 e. The van der Waals surface area contributed by atoms with E-state index in [1.165, 1.54) is 25.3 Å². The number of sulfonamides is 1. The zero-order valence-electron chi connectivity index (χ0n) is 17.6. The van der Waals surface area contributed by atoms with Gasteiger partial charge in [0.15, 0.2) is 0 Å². The van der Waals surface area contributed by atoms with Crippen LogP contribution >= 0.6 is 0 Å². The highest BCUT2D eigenvalue weighted by Crippen LogP contribution is 2.30. The maximum absolute atomic E-state index is 14.0. The molecule has 2 rings (SSSR count). The summed E-state index contributed by atoms with van der Waals surface area (Å²) in [7, 11) is -2.25. The highest BCUT2D eigenvalue weighted by Gasteiger charge is 2.33. The Morgan fingerprint density at radius 2 is 1.91 bits per heavy atom. The van der Waals surface area contributed by atoms with Gasteiger partial charge in [0.1, 0.15) is 18.1 Å². The summed E-state index contributed by atoms with van der Waals surface area (Å²) >= 11 is 0. The van der Waals surface area contributed by atoms with Gasteiger partial charge in [0.05, 0.1) is 18.6 Å². The third-order valence-electron chi connectivity index (χ3n) is 3.92. The van der Waals surface area contributed by atoms with E-state index >= 15 is 0 Å². The van der Waals surface area contributed by atoms with E-state index in [4.69, 9.17) is 9.47 Å². The molecule has 0 spiro atoms. The number of hydrogen-bond acceptors (Lipinski definition) is 6. The fraction of sp³-hybridized carbons (Fsp3) is 0.300. The van der Waals surface area contributed by atoms with Crippen LogP contribution in [0.1, 0.15) is 16.8 Å². The summed E-state index contributed by atoms with van der Waals surface area (Å²) in [6.07, 6.45) is -1.50. The summed E-state index contributed by atoms with van der Waals surface area (Å²) < 4.78 is 87.2. The van der Waals surface area contributed by atoms with Gasteiger partial charge in [-0.3, -0.25) is 9.52 Å². The van der Waals surface area contributed by atoms with Gasteiger partial charge in [-0.15, -0.1) is 0 Å². The molecule has 1 aromatic carbocycles. The average molecular weight is 491 g/mol. The van der Waals surface area contributed by atoms with E-state index in [2.05, 4.69) is 10.3 Å². The van der Waals surface area contributed by atoms with E-state index in [9.17, 15) is 30.8 Å². The lowest BCUT2D eigenvalue weighted by Crippen LogP contribution is -2.20. The molecule has 1 aromatic heterocycles. The number of alkyl halides is 3. The summed E-state index contributed by atoms with van der Waals surface area (Å²) in [4.78, 5) is 15.5. The van der Waals surface area contributed by atoms with Crippen LogP contribution in [0.4, 0.5) is 23.2 Å². The molecule has 0 aliphatic carbocycles. The number of nitrogens with one attached hydrogen (secondary N) is 2. The van der Waals surface area contributed by atoms with Gasteiger partial charge >= 0.3 is 6.18 Å². The van der Waals surface area contributed by atoms with E-state index in [0.717, 1.165) is 30.5 Å². The van der Waals surface area contributed by atoms with E-state index in [1.54, 1.807) is 0 Å². The standard InChI is InChI=1S/C20H21F4N3O5S/c1-31-9-10-32-19-14(4-7-17(26-19)20(22,23)24)5-8-18(28)25-12-13-3-6-16(15(21)11-13)27-33(2,29)30/h3-8,11,27H,9-10,12H2,1-2H3,(H,25,28)/b8-5+. The van der Waals surface area contributed by atoms with E-state index < -0.39 is 33.6 Å². The molecule has 8 nitrogen and oxygen atoms in total. The van der Waals surface area contributed by atoms with Crippen molar-refractivity contribution in [3.63, 3.8) is 0 Å². The van der Waals surface area contributed by atoms with Crippen LogP contribution in [-0.4, -0.2) is 45.9 Å². The predicted octanol–water partition coefficient (Wildman–Crippen LogP) is 2.97. The van der Waals surface area contributed by atoms with Gasteiger partial charge in [0.25, 0.3) is 0 Å².